The normalized spacial score (nSPS) is 14.5. The van der Waals surface area contributed by atoms with Crippen molar-refractivity contribution in [3.05, 3.63) is 82.7 Å². The number of hydrogen-bond donors (Lipinski definition) is 3. The Kier molecular flexibility index (Phi) is 8.26. The highest BCUT2D eigenvalue weighted by atomic mass is 19.1. The number of aromatic nitrogens is 2. The van der Waals surface area contributed by atoms with Crippen LogP contribution in [-0.4, -0.2) is 42.0 Å². The number of nitrogens with two attached hydrogens (primary N) is 2. The van der Waals surface area contributed by atoms with Crippen molar-refractivity contribution < 1.29 is 13.6 Å². The standard InChI is InChI=1S/C15H15F2N3.C9H13N3O/c1-20-15(19)13-7-9(2-3-14(13)18)4-10-5-11(16)8-12(17)6-10;13-7-8-5-11-12(6-8)9-1-3-10-4-2-9/h2-3,5-8H,4,18H2,1H3,(H2,19,20);5-7,9-10H,1-4H2. The molecule has 174 valence electrons. The van der Waals surface area contributed by atoms with Crippen LogP contribution < -0.4 is 16.8 Å². The highest BCUT2D eigenvalue weighted by Gasteiger charge is 2.15. The molecule has 1 aliphatic heterocycles. The number of anilines is 1. The smallest absolute Gasteiger partial charge is 0.153 e. The van der Waals surface area contributed by atoms with Crippen LogP contribution in [0.3, 0.4) is 0 Å². The Morgan fingerprint density at radius 3 is 2.48 bits per heavy atom. The third-order valence-corrected chi connectivity index (χ3v) is 5.41. The Morgan fingerprint density at radius 2 is 1.88 bits per heavy atom. The largest absolute Gasteiger partial charge is 0.398 e. The molecule has 3 aromatic rings. The first-order valence-electron chi connectivity index (χ1n) is 10.7. The summed E-state index contributed by atoms with van der Waals surface area (Å²) in [6.07, 6.45) is 6.86. The zero-order chi connectivity index (χ0) is 23.8. The Hall–Kier alpha value is -3.59. The number of nitrogens with one attached hydrogen (secondary N) is 1. The molecule has 7 nitrogen and oxygen atoms in total. The molecule has 2 aromatic carbocycles. The van der Waals surface area contributed by atoms with Crippen LogP contribution >= 0.6 is 0 Å². The van der Waals surface area contributed by atoms with Crippen LogP contribution in [0.5, 0.6) is 0 Å². The maximum atomic E-state index is 13.2. The second-order valence-electron chi connectivity index (χ2n) is 7.84. The van der Waals surface area contributed by atoms with Crippen molar-refractivity contribution in [2.24, 2.45) is 10.7 Å². The van der Waals surface area contributed by atoms with E-state index in [1.54, 1.807) is 31.4 Å². The first kappa shape index (κ1) is 24.1. The highest BCUT2D eigenvalue weighted by molar-refractivity contribution is 6.02. The van der Waals surface area contributed by atoms with Gasteiger partial charge >= 0.3 is 0 Å². The van der Waals surface area contributed by atoms with Gasteiger partial charge in [-0.1, -0.05) is 6.07 Å². The highest BCUT2D eigenvalue weighted by Crippen LogP contribution is 2.19. The lowest BCUT2D eigenvalue weighted by Crippen LogP contribution is -2.29. The van der Waals surface area contributed by atoms with Crippen molar-refractivity contribution in [2.75, 3.05) is 25.9 Å². The molecule has 0 radical (unpaired) electrons. The second-order valence-corrected chi connectivity index (χ2v) is 7.84. The minimum atomic E-state index is -0.592. The number of halogens is 2. The number of aliphatic imine (C=N–C) groups is 1. The number of hydrogen-bond acceptors (Lipinski definition) is 5. The lowest BCUT2D eigenvalue weighted by molar-refractivity contribution is 0.112. The lowest BCUT2D eigenvalue weighted by atomic mass is 10.0. The molecule has 0 bridgehead atoms. The Labute approximate surface area is 191 Å². The van der Waals surface area contributed by atoms with Crippen LogP contribution in [-0.2, 0) is 6.42 Å². The average Bonchev–Trinajstić information content (AvgIpc) is 3.30. The summed E-state index contributed by atoms with van der Waals surface area (Å²) in [5.41, 5.74) is 14.8. The Bertz CT molecular complexity index is 1100. The number of rotatable bonds is 5. The summed E-state index contributed by atoms with van der Waals surface area (Å²) in [4.78, 5) is 14.3. The van der Waals surface area contributed by atoms with Gasteiger partial charge in [-0.05, 0) is 67.7 Å². The van der Waals surface area contributed by atoms with E-state index in [0.717, 1.165) is 43.8 Å². The minimum Gasteiger partial charge on any atom is -0.398 e. The Morgan fingerprint density at radius 1 is 1.18 bits per heavy atom. The second kappa shape index (κ2) is 11.3. The van der Waals surface area contributed by atoms with Crippen LogP contribution in [0.15, 0.2) is 53.8 Å². The molecule has 0 aliphatic carbocycles. The molecule has 2 heterocycles. The van der Waals surface area contributed by atoms with Crippen molar-refractivity contribution in [1.82, 2.24) is 15.1 Å². The predicted molar refractivity (Wildman–Crippen MR) is 125 cm³/mol. The molecule has 0 amide bonds. The fraction of sp³-hybridized carbons (Fsp3) is 0.292. The van der Waals surface area contributed by atoms with E-state index in [-0.39, 0.29) is 0 Å². The number of carbonyl (C=O) groups is 1. The van der Waals surface area contributed by atoms with E-state index in [2.05, 4.69) is 15.4 Å². The Balaban J connectivity index is 0.000000203. The maximum Gasteiger partial charge on any atom is 0.153 e. The minimum absolute atomic E-state index is 0.328. The van der Waals surface area contributed by atoms with E-state index in [4.69, 9.17) is 11.5 Å². The number of benzene rings is 2. The molecule has 1 aromatic heterocycles. The summed E-state index contributed by atoms with van der Waals surface area (Å²) in [5, 5.41) is 7.46. The van der Waals surface area contributed by atoms with E-state index in [1.165, 1.54) is 12.1 Å². The van der Waals surface area contributed by atoms with Gasteiger partial charge < -0.3 is 16.8 Å². The van der Waals surface area contributed by atoms with Gasteiger partial charge in [0, 0.05) is 30.6 Å². The zero-order valence-corrected chi connectivity index (χ0v) is 18.5. The molecule has 4 rings (SSSR count). The monoisotopic (exact) mass is 454 g/mol. The van der Waals surface area contributed by atoms with Gasteiger partial charge in [-0.2, -0.15) is 5.10 Å². The van der Waals surface area contributed by atoms with E-state index < -0.39 is 11.6 Å². The summed E-state index contributed by atoms with van der Waals surface area (Å²) in [5.74, 6) is -0.856. The molecule has 9 heteroatoms. The fourth-order valence-corrected chi connectivity index (χ4v) is 3.69. The first-order chi connectivity index (χ1) is 15.9. The predicted octanol–water partition coefficient (Wildman–Crippen LogP) is 3.09. The van der Waals surface area contributed by atoms with E-state index >= 15 is 0 Å². The molecule has 33 heavy (non-hydrogen) atoms. The van der Waals surface area contributed by atoms with E-state index in [1.807, 2.05) is 10.9 Å². The van der Waals surface area contributed by atoms with Crippen molar-refractivity contribution >= 4 is 17.8 Å². The van der Waals surface area contributed by atoms with Crippen molar-refractivity contribution in [3.8, 4) is 0 Å². The summed E-state index contributed by atoms with van der Waals surface area (Å²) in [7, 11) is 1.57. The third kappa shape index (κ3) is 6.69. The SMILES string of the molecule is CN=C(N)c1cc(Cc2cc(F)cc(F)c2)ccc1N.O=Cc1cnn(C2CCNCC2)c1. The van der Waals surface area contributed by atoms with Gasteiger partial charge in [0.05, 0.1) is 17.8 Å². The molecule has 0 saturated carbocycles. The molecular formula is C24H28F2N6O. The van der Waals surface area contributed by atoms with Crippen LogP contribution in [0.25, 0.3) is 0 Å². The zero-order valence-electron chi connectivity index (χ0n) is 18.5. The number of nitrogens with zero attached hydrogens (tertiary/aromatic N) is 3. The van der Waals surface area contributed by atoms with Gasteiger partial charge in [-0.25, -0.2) is 8.78 Å². The van der Waals surface area contributed by atoms with Gasteiger partial charge in [0.15, 0.2) is 6.29 Å². The first-order valence-corrected chi connectivity index (χ1v) is 10.7. The number of carbonyl (C=O) groups excluding carboxylic acids is 1. The summed E-state index contributed by atoms with van der Waals surface area (Å²) < 4.78 is 28.2. The summed E-state index contributed by atoms with van der Waals surface area (Å²) >= 11 is 0. The van der Waals surface area contributed by atoms with Gasteiger partial charge in [-0.15, -0.1) is 0 Å². The molecule has 1 saturated heterocycles. The number of nitrogen functional groups attached to an aromatic ring is 1. The number of aldehydes is 1. The van der Waals surface area contributed by atoms with Crippen molar-refractivity contribution in [3.63, 3.8) is 0 Å². The van der Waals surface area contributed by atoms with Crippen molar-refractivity contribution in [1.29, 1.82) is 0 Å². The molecule has 0 unspecified atom stereocenters. The van der Waals surface area contributed by atoms with Gasteiger partial charge in [0.1, 0.15) is 17.5 Å². The summed E-state index contributed by atoms with van der Waals surface area (Å²) in [6, 6.07) is 9.20. The van der Waals surface area contributed by atoms with Crippen LogP contribution in [0.2, 0.25) is 0 Å². The summed E-state index contributed by atoms with van der Waals surface area (Å²) in [6.45, 7) is 2.09. The van der Waals surface area contributed by atoms with E-state index in [0.29, 0.717) is 40.7 Å². The lowest BCUT2D eigenvalue weighted by Gasteiger charge is -2.22. The molecule has 5 N–H and O–H groups in total. The molecule has 0 spiro atoms. The van der Waals surface area contributed by atoms with Crippen LogP contribution in [0.1, 0.15) is 45.9 Å². The molecule has 0 atom stereocenters. The van der Waals surface area contributed by atoms with Gasteiger partial charge in [-0.3, -0.25) is 14.5 Å². The molecular weight excluding hydrogens is 426 g/mol. The average molecular weight is 455 g/mol. The fourth-order valence-electron chi connectivity index (χ4n) is 3.69. The van der Waals surface area contributed by atoms with Gasteiger partial charge in [0.25, 0.3) is 0 Å². The quantitative estimate of drug-likeness (QED) is 0.237. The number of piperidine rings is 1. The topological polar surface area (TPSA) is 111 Å². The molecule has 1 fully saturated rings. The van der Waals surface area contributed by atoms with Crippen molar-refractivity contribution in [2.45, 2.75) is 25.3 Å². The van der Waals surface area contributed by atoms with Gasteiger partial charge in [0.2, 0.25) is 0 Å². The van der Waals surface area contributed by atoms with E-state index in [9.17, 15) is 13.6 Å². The maximum absolute atomic E-state index is 13.2. The third-order valence-electron chi connectivity index (χ3n) is 5.41. The van der Waals surface area contributed by atoms with Crippen LogP contribution in [0.4, 0.5) is 14.5 Å². The van der Waals surface area contributed by atoms with Crippen LogP contribution in [0, 0.1) is 11.6 Å². The number of amidine groups is 1. The molecule has 1 aliphatic rings.